The molecule has 1 N–H and O–H groups in total. The van der Waals surface area contributed by atoms with Crippen molar-refractivity contribution in [2.75, 3.05) is 32.8 Å². The summed E-state index contributed by atoms with van der Waals surface area (Å²) in [5.41, 5.74) is 1.25. The maximum absolute atomic E-state index is 12.1. The van der Waals surface area contributed by atoms with E-state index in [4.69, 9.17) is 4.74 Å². The van der Waals surface area contributed by atoms with Crippen molar-refractivity contribution in [2.45, 2.75) is 25.4 Å². The average molecular weight is 284 g/mol. The smallest absolute Gasteiger partial charge is 0.261 e. The molecule has 1 aromatic carbocycles. The lowest BCUT2D eigenvalue weighted by atomic mass is 10.0. The number of halogens is 2. The first-order valence-corrected chi connectivity index (χ1v) is 7.05. The van der Waals surface area contributed by atoms with Crippen molar-refractivity contribution < 1.29 is 13.5 Å². The molecule has 112 valence electrons. The van der Waals surface area contributed by atoms with Crippen molar-refractivity contribution in [3.63, 3.8) is 0 Å². The third kappa shape index (κ3) is 4.51. The number of alkyl halides is 2. The highest BCUT2D eigenvalue weighted by atomic mass is 19.3. The second-order valence-corrected chi connectivity index (χ2v) is 5.20. The molecule has 3 nitrogen and oxygen atoms in total. The van der Waals surface area contributed by atoms with Gasteiger partial charge in [0, 0.05) is 31.7 Å². The maximum atomic E-state index is 12.1. The fourth-order valence-corrected chi connectivity index (χ4v) is 2.59. The molecule has 1 aliphatic rings. The largest absolute Gasteiger partial charge is 0.374 e. The third-order valence-corrected chi connectivity index (χ3v) is 3.56. The van der Waals surface area contributed by atoms with Crippen LogP contribution in [0.4, 0.5) is 8.78 Å². The quantitative estimate of drug-likeness (QED) is 0.811. The van der Waals surface area contributed by atoms with Gasteiger partial charge in [-0.15, -0.1) is 0 Å². The molecule has 5 heteroatoms. The van der Waals surface area contributed by atoms with Gasteiger partial charge in [0.2, 0.25) is 0 Å². The second kappa shape index (κ2) is 7.67. The minimum Gasteiger partial charge on any atom is -0.374 e. The Balaban J connectivity index is 1.91. The number of hydrogen-bond acceptors (Lipinski definition) is 3. The Labute approximate surface area is 118 Å². The van der Waals surface area contributed by atoms with Gasteiger partial charge in [-0.25, -0.2) is 8.78 Å². The monoisotopic (exact) mass is 284 g/mol. The summed E-state index contributed by atoms with van der Waals surface area (Å²) < 4.78 is 29.1. The van der Waals surface area contributed by atoms with Gasteiger partial charge < -0.3 is 10.1 Å². The van der Waals surface area contributed by atoms with E-state index in [0.717, 1.165) is 13.1 Å². The highest BCUT2D eigenvalue weighted by Gasteiger charge is 2.26. The Kier molecular flexibility index (Phi) is 5.88. The van der Waals surface area contributed by atoms with E-state index in [9.17, 15) is 8.78 Å². The maximum Gasteiger partial charge on any atom is 0.261 e. The molecule has 0 spiro atoms. The number of piperazine rings is 1. The zero-order chi connectivity index (χ0) is 14.4. The summed E-state index contributed by atoms with van der Waals surface area (Å²) >= 11 is 0. The lowest BCUT2D eigenvalue weighted by molar-refractivity contribution is 0.00159. The van der Waals surface area contributed by atoms with E-state index in [2.05, 4.69) is 29.3 Å². The molecule has 2 atom stereocenters. The van der Waals surface area contributed by atoms with E-state index in [-0.39, 0.29) is 6.04 Å². The first kappa shape index (κ1) is 15.4. The average Bonchev–Trinajstić information content (AvgIpc) is 2.44. The summed E-state index contributed by atoms with van der Waals surface area (Å²) in [7, 11) is 0. The van der Waals surface area contributed by atoms with Crippen LogP contribution in [0.25, 0.3) is 0 Å². The third-order valence-electron chi connectivity index (χ3n) is 3.56. The molecular formula is C15H22F2N2O. The van der Waals surface area contributed by atoms with E-state index in [1.165, 1.54) is 5.56 Å². The van der Waals surface area contributed by atoms with Crippen molar-refractivity contribution in [2.24, 2.45) is 0 Å². The Morgan fingerprint density at radius 1 is 1.35 bits per heavy atom. The van der Waals surface area contributed by atoms with Crippen LogP contribution in [0.2, 0.25) is 0 Å². The van der Waals surface area contributed by atoms with Crippen LogP contribution in [0, 0.1) is 0 Å². The van der Waals surface area contributed by atoms with Gasteiger partial charge >= 0.3 is 0 Å². The van der Waals surface area contributed by atoms with Crippen LogP contribution < -0.4 is 5.32 Å². The molecule has 0 amide bonds. The van der Waals surface area contributed by atoms with E-state index >= 15 is 0 Å². The lowest BCUT2D eigenvalue weighted by Crippen LogP contribution is -2.51. The van der Waals surface area contributed by atoms with Gasteiger partial charge in [0.05, 0.1) is 6.61 Å². The number of hydrogen-bond donors (Lipinski definition) is 1. The van der Waals surface area contributed by atoms with Gasteiger partial charge in [-0.05, 0) is 12.5 Å². The molecule has 1 aliphatic heterocycles. The molecular weight excluding hydrogens is 262 g/mol. The molecule has 2 rings (SSSR count). The predicted octanol–water partition coefficient (Wildman–Crippen LogP) is 2.30. The number of rotatable bonds is 6. The first-order chi connectivity index (χ1) is 9.66. The molecule has 2 unspecified atom stereocenters. The second-order valence-electron chi connectivity index (χ2n) is 5.20. The summed E-state index contributed by atoms with van der Waals surface area (Å²) in [4.78, 5) is 2.31. The summed E-state index contributed by atoms with van der Waals surface area (Å²) in [6.45, 7) is 4.46. The van der Waals surface area contributed by atoms with Crippen LogP contribution in [0.1, 0.15) is 18.5 Å². The molecule has 20 heavy (non-hydrogen) atoms. The number of nitrogens with one attached hydrogen (secondary N) is 1. The Morgan fingerprint density at radius 3 is 2.80 bits per heavy atom. The molecule has 0 bridgehead atoms. The van der Waals surface area contributed by atoms with Crippen LogP contribution in [0.15, 0.2) is 30.3 Å². The fourth-order valence-electron chi connectivity index (χ4n) is 2.59. The van der Waals surface area contributed by atoms with Crippen LogP contribution in [-0.2, 0) is 4.74 Å². The Bertz CT molecular complexity index is 389. The highest BCUT2D eigenvalue weighted by molar-refractivity contribution is 5.20. The zero-order valence-electron chi connectivity index (χ0n) is 11.8. The fraction of sp³-hybridized carbons (Fsp3) is 0.600. The van der Waals surface area contributed by atoms with E-state index in [1.54, 1.807) is 0 Å². The number of nitrogens with zero attached hydrogens (tertiary/aromatic N) is 1. The van der Waals surface area contributed by atoms with E-state index < -0.39 is 13.0 Å². The van der Waals surface area contributed by atoms with Gasteiger partial charge in [0.1, 0.15) is 6.61 Å². The Morgan fingerprint density at radius 2 is 2.10 bits per heavy atom. The molecule has 0 aliphatic carbocycles. The van der Waals surface area contributed by atoms with Crippen molar-refractivity contribution in [3.8, 4) is 0 Å². The van der Waals surface area contributed by atoms with Gasteiger partial charge in [-0.3, -0.25) is 4.90 Å². The molecule has 1 heterocycles. The zero-order valence-corrected chi connectivity index (χ0v) is 11.8. The summed E-state index contributed by atoms with van der Waals surface area (Å²) in [5, 5.41) is 3.47. The summed E-state index contributed by atoms with van der Waals surface area (Å²) in [6.07, 6.45) is -2.39. The number of benzene rings is 1. The minimum atomic E-state index is -2.39. The van der Waals surface area contributed by atoms with Crippen molar-refractivity contribution in [1.29, 1.82) is 0 Å². The standard InChI is InChI=1S/C15H22F2N2O/c1-12-10-19(7-8-20-11-15(16)17)14(9-18-12)13-5-3-2-4-6-13/h2-6,12,14-15,18H,7-11H2,1H3. The SMILES string of the molecule is CC1CN(CCOCC(F)F)C(c2ccccc2)CN1. The lowest BCUT2D eigenvalue weighted by Gasteiger charge is -2.39. The normalized spacial score (nSPS) is 24.2. The first-order valence-electron chi connectivity index (χ1n) is 7.05. The van der Waals surface area contributed by atoms with Crippen LogP contribution in [0.3, 0.4) is 0 Å². The van der Waals surface area contributed by atoms with Gasteiger partial charge in [-0.1, -0.05) is 30.3 Å². The van der Waals surface area contributed by atoms with Crippen LogP contribution >= 0.6 is 0 Å². The molecule has 0 radical (unpaired) electrons. The minimum absolute atomic E-state index is 0.280. The molecule has 0 aromatic heterocycles. The van der Waals surface area contributed by atoms with Crippen molar-refractivity contribution in [1.82, 2.24) is 10.2 Å². The molecule has 1 fully saturated rings. The van der Waals surface area contributed by atoms with Crippen LogP contribution in [-0.4, -0.2) is 50.2 Å². The summed E-state index contributed by atoms with van der Waals surface area (Å²) in [6, 6.07) is 11.0. The van der Waals surface area contributed by atoms with Gasteiger partial charge in [0.15, 0.2) is 0 Å². The van der Waals surface area contributed by atoms with Gasteiger partial charge in [-0.2, -0.15) is 0 Å². The Hall–Kier alpha value is -1.04. The van der Waals surface area contributed by atoms with E-state index in [1.807, 2.05) is 18.2 Å². The van der Waals surface area contributed by atoms with Crippen molar-refractivity contribution in [3.05, 3.63) is 35.9 Å². The topological polar surface area (TPSA) is 24.5 Å². The predicted molar refractivity (Wildman–Crippen MR) is 75.0 cm³/mol. The van der Waals surface area contributed by atoms with Crippen LogP contribution in [0.5, 0.6) is 0 Å². The highest BCUT2D eigenvalue weighted by Crippen LogP contribution is 2.23. The van der Waals surface area contributed by atoms with E-state index in [0.29, 0.717) is 19.2 Å². The molecule has 1 saturated heterocycles. The van der Waals surface area contributed by atoms with Gasteiger partial charge in [0.25, 0.3) is 6.43 Å². The molecule has 0 saturated carbocycles. The van der Waals surface area contributed by atoms with Crippen molar-refractivity contribution >= 4 is 0 Å². The number of ether oxygens (including phenoxy) is 1. The summed E-state index contributed by atoms with van der Waals surface area (Å²) in [5.74, 6) is 0. The molecule has 1 aromatic rings.